The Kier molecular flexibility index (Phi) is 3.64. The molecule has 0 saturated carbocycles. The third-order valence-electron chi connectivity index (χ3n) is 2.75. The summed E-state index contributed by atoms with van der Waals surface area (Å²) in [7, 11) is -1.94. The van der Waals surface area contributed by atoms with Crippen LogP contribution in [-0.4, -0.2) is 36.0 Å². The van der Waals surface area contributed by atoms with E-state index in [2.05, 4.69) is 9.71 Å². The largest absolute Gasteiger partial charge is 0.381 e. The molecule has 1 saturated heterocycles. The molecular formula is C9H16N4O2S2. The topological polar surface area (TPSA) is 90.0 Å². The van der Waals surface area contributed by atoms with Gasteiger partial charge in [-0.1, -0.05) is 0 Å². The Hall–Kier alpha value is -0.730. The number of nitrogens with two attached hydrogens (primary N) is 1. The molecule has 1 aromatic rings. The minimum atomic E-state index is -3.55. The highest BCUT2D eigenvalue weighted by Crippen LogP contribution is 2.23. The molecule has 0 bridgehead atoms. The zero-order chi connectivity index (χ0) is 12.5. The van der Waals surface area contributed by atoms with E-state index in [-0.39, 0.29) is 10.8 Å². The first-order valence-corrected chi connectivity index (χ1v) is 7.98. The van der Waals surface area contributed by atoms with Crippen molar-refractivity contribution in [2.75, 3.05) is 23.8 Å². The standard InChI is InChI=1S/C9H16N4O2S2/c1-13-6-11-8(10)9(13)17(14,15)12-4-7-2-3-16-5-7/h6-7,12H,2-5,10H2,1H3. The second kappa shape index (κ2) is 4.87. The fourth-order valence-corrected chi connectivity index (χ4v) is 4.44. The van der Waals surface area contributed by atoms with E-state index < -0.39 is 10.0 Å². The number of aryl methyl sites for hydroxylation is 1. The normalized spacial score (nSPS) is 20.9. The summed E-state index contributed by atoms with van der Waals surface area (Å²) < 4.78 is 28.1. The first-order chi connectivity index (χ1) is 8.00. The van der Waals surface area contributed by atoms with Crippen LogP contribution in [0.4, 0.5) is 5.82 Å². The van der Waals surface area contributed by atoms with E-state index in [0.717, 1.165) is 17.9 Å². The summed E-state index contributed by atoms with van der Waals surface area (Å²) in [6.45, 7) is 0.472. The minimum absolute atomic E-state index is 0.0424. The van der Waals surface area contributed by atoms with Crippen LogP contribution in [0.3, 0.4) is 0 Å². The molecule has 1 aliphatic rings. The van der Waals surface area contributed by atoms with Gasteiger partial charge in [0.15, 0.2) is 10.8 Å². The molecule has 1 atom stereocenters. The van der Waals surface area contributed by atoms with E-state index in [1.165, 1.54) is 10.9 Å². The number of anilines is 1. The van der Waals surface area contributed by atoms with Gasteiger partial charge in [-0.05, 0) is 23.8 Å². The van der Waals surface area contributed by atoms with Crippen molar-refractivity contribution < 1.29 is 8.42 Å². The number of nitrogens with zero attached hydrogens (tertiary/aromatic N) is 2. The molecule has 1 fully saturated rings. The van der Waals surface area contributed by atoms with Gasteiger partial charge in [-0.2, -0.15) is 11.8 Å². The number of hydrogen-bond acceptors (Lipinski definition) is 5. The van der Waals surface area contributed by atoms with E-state index in [0.29, 0.717) is 12.5 Å². The van der Waals surface area contributed by atoms with Crippen LogP contribution in [0.5, 0.6) is 0 Å². The van der Waals surface area contributed by atoms with E-state index >= 15 is 0 Å². The summed E-state index contributed by atoms with van der Waals surface area (Å²) in [5, 5.41) is 0.0446. The highest BCUT2D eigenvalue weighted by Gasteiger charge is 2.24. The lowest BCUT2D eigenvalue weighted by molar-refractivity contribution is 0.540. The quantitative estimate of drug-likeness (QED) is 0.810. The van der Waals surface area contributed by atoms with Gasteiger partial charge in [0, 0.05) is 13.6 Å². The Morgan fingerprint density at radius 2 is 2.47 bits per heavy atom. The molecule has 2 rings (SSSR count). The molecule has 1 aromatic heterocycles. The summed E-state index contributed by atoms with van der Waals surface area (Å²) >= 11 is 1.86. The van der Waals surface area contributed by atoms with Gasteiger partial charge in [0.2, 0.25) is 0 Å². The minimum Gasteiger partial charge on any atom is -0.381 e. The maximum Gasteiger partial charge on any atom is 0.260 e. The van der Waals surface area contributed by atoms with Crippen LogP contribution in [0.2, 0.25) is 0 Å². The molecule has 0 amide bonds. The smallest absolute Gasteiger partial charge is 0.260 e. The van der Waals surface area contributed by atoms with Gasteiger partial charge < -0.3 is 10.3 Å². The van der Waals surface area contributed by atoms with Crippen molar-refractivity contribution in [1.82, 2.24) is 14.3 Å². The molecule has 0 aromatic carbocycles. The lowest BCUT2D eigenvalue weighted by Crippen LogP contribution is -2.31. The first kappa shape index (κ1) is 12.7. The SMILES string of the molecule is Cn1cnc(N)c1S(=O)(=O)NCC1CCSC1. The molecule has 6 nitrogen and oxygen atoms in total. The zero-order valence-corrected chi connectivity index (χ0v) is 11.2. The van der Waals surface area contributed by atoms with Crippen molar-refractivity contribution >= 4 is 27.6 Å². The number of nitrogen functional groups attached to an aromatic ring is 1. The van der Waals surface area contributed by atoms with Gasteiger partial charge in [-0.3, -0.25) is 0 Å². The second-order valence-corrected chi connectivity index (χ2v) is 6.96. The average Bonchev–Trinajstić information content (AvgIpc) is 2.86. The maximum atomic E-state index is 12.0. The Labute approximate surface area is 105 Å². The van der Waals surface area contributed by atoms with Crippen molar-refractivity contribution in [2.45, 2.75) is 11.4 Å². The van der Waals surface area contributed by atoms with Crippen molar-refractivity contribution in [1.29, 1.82) is 0 Å². The van der Waals surface area contributed by atoms with Crippen molar-refractivity contribution in [3.8, 4) is 0 Å². The monoisotopic (exact) mass is 276 g/mol. The van der Waals surface area contributed by atoms with Gasteiger partial charge in [0.1, 0.15) is 0 Å². The predicted octanol–water partition coefficient (Wildman–Crippen LogP) is 0.0337. The molecule has 1 aliphatic heterocycles. The van der Waals surface area contributed by atoms with Crippen molar-refractivity contribution in [2.24, 2.45) is 13.0 Å². The lowest BCUT2D eigenvalue weighted by Gasteiger charge is -2.11. The molecule has 96 valence electrons. The molecule has 17 heavy (non-hydrogen) atoms. The number of sulfonamides is 1. The van der Waals surface area contributed by atoms with Gasteiger partial charge in [0.25, 0.3) is 10.0 Å². The number of hydrogen-bond donors (Lipinski definition) is 2. The number of imidazole rings is 1. The van der Waals surface area contributed by atoms with E-state index in [1.54, 1.807) is 7.05 Å². The third kappa shape index (κ3) is 2.75. The second-order valence-electron chi connectivity index (χ2n) is 4.13. The number of aromatic nitrogens is 2. The number of thioether (sulfide) groups is 1. The summed E-state index contributed by atoms with van der Waals surface area (Å²) in [6, 6.07) is 0. The molecule has 3 N–H and O–H groups in total. The van der Waals surface area contributed by atoms with E-state index in [1.807, 2.05) is 11.8 Å². The first-order valence-electron chi connectivity index (χ1n) is 5.35. The van der Waals surface area contributed by atoms with Gasteiger partial charge in [-0.25, -0.2) is 18.1 Å². The lowest BCUT2D eigenvalue weighted by atomic mass is 10.1. The summed E-state index contributed by atoms with van der Waals surface area (Å²) in [5.74, 6) is 2.59. The molecule has 0 aliphatic carbocycles. The maximum absolute atomic E-state index is 12.0. The van der Waals surface area contributed by atoms with Gasteiger partial charge >= 0.3 is 0 Å². The van der Waals surface area contributed by atoms with Crippen LogP contribution in [0.1, 0.15) is 6.42 Å². The van der Waals surface area contributed by atoms with E-state index in [4.69, 9.17) is 5.73 Å². The summed E-state index contributed by atoms with van der Waals surface area (Å²) in [4.78, 5) is 3.78. The van der Waals surface area contributed by atoms with Crippen LogP contribution in [0.15, 0.2) is 11.4 Å². The van der Waals surface area contributed by atoms with Crippen molar-refractivity contribution in [3.63, 3.8) is 0 Å². The van der Waals surface area contributed by atoms with Crippen LogP contribution in [-0.2, 0) is 17.1 Å². The Bertz CT molecular complexity index is 472. The zero-order valence-electron chi connectivity index (χ0n) is 9.59. The van der Waals surface area contributed by atoms with Gasteiger partial charge in [0.05, 0.1) is 6.33 Å². The van der Waals surface area contributed by atoms with Gasteiger partial charge in [-0.15, -0.1) is 0 Å². The highest BCUT2D eigenvalue weighted by molar-refractivity contribution is 7.99. The third-order valence-corrected chi connectivity index (χ3v) is 5.53. The Morgan fingerprint density at radius 3 is 3.00 bits per heavy atom. The summed E-state index contributed by atoms with van der Waals surface area (Å²) in [6.07, 6.45) is 2.46. The fraction of sp³-hybridized carbons (Fsp3) is 0.667. The Morgan fingerprint density at radius 1 is 1.71 bits per heavy atom. The van der Waals surface area contributed by atoms with Crippen LogP contribution in [0.25, 0.3) is 0 Å². The summed E-state index contributed by atoms with van der Waals surface area (Å²) in [5.41, 5.74) is 5.56. The molecule has 0 radical (unpaired) electrons. The molecule has 0 spiro atoms. The number of rotatable bonds is 4. The van der Waals surface area contributed by atoms with E-state index in [9.17, 15) is 8.42 Å². The average molecular weight is 276 g/mol. The molecule has 1 unspecified atom stereocenters. The molecular weight excluding hydrogens is 260 g/mol. The predicted molar refractivity (Wildman–Crippen MR) is 68.2 cm³/mol. The molecule has 2 heterocycles. The Balaban J connectivity index is 2.08. The van der Waals surface area contributed by atoms with Crippen LogP contribution >= 0.6 is 11.8 Å². The number of nitrogens with one attached hydrogen (secondary N) is 1. The highest BCUT2D eigenvalue weighted by atomic mass is 32.2. The van der Waals surface area contributed by atoms with Crippen LogP contribution in [0, 0.1) is 5.92 Å². The van der Waals surface area contributed by atoms with Crippen molar-refractivity contribution in [3.05, 3.63) is 6.33 Å². The molecule has 8 heteroatoms. The fourth-order valence-electron chi connectivity index (χ4n) is 1.80. The van der Waals surface area contributed by atoms with Crippen LogP contribution < -0.4 is 10.5 Å².